The first-order valence-electron chi connectivity index (χ1n) is 27.0. The third-order valence-corrected chi connectivity index (χ3v) is 12.8. The van der Waals surface area contributed by atoms with Gasteiger partial charge in [0, 0.05) is 25.2 Å². The molecule has 0 aromatic rings. The van der Waals surface area contributed by atoms with Crippen molar-refractivity contribution in [3.63, 3.8) is 0 Å². The topological polar surface area (TPSA) is 23.6 Å². The summed E-state index contributed by atoms with van der Waals surface area (Å²) in [6.07, 6.45) is 54.7. The Kier molecular flexibility index (Phi) is 51.6. The van der Waals surface area contributed by atoms with Crippen LogP contribution in [0.5, 0.6) is 0 Å². The number of ketones is 1. The van der Waals surface area contributed by atoms with E-state index in [0.717, 1.165) is 18.8 Å². The maximum absolute atomic E-state index is 11.0. The Hall–Kier alpha value is -0.830. The van der Waals surface area contributed by atoms with Crippen LogP contribution >= 0.6 is 0 Å². The van der Waals surface area contributed by atoms with Gasteiger partial charge >= 0.3 is 0 Å². The highest BCUT2D eigenvalue weighted by Crippen LogP contribution is 2.25. The monoisotopic (exact) mass is 817 g/mol. The SMILES string of the molecule is C=C(CCCCCCCN(C)CCCCCCCC(C)=O)N(CCCCCCCCCC)CCCCCCCCCC.CCC1CCCCC1.CCCCCCCC. The number of allylic oxidation sites excluding steroid dienone is 1. The van der Waals surface area contributed by atoms with Crippen molar-refractivity contribution in [3.05, 3.63) is 12.3 Å². The van der Waals surface area contributed by atoms with Gasteiger partial charge < -0.3 is 14.6 Å². The van der Waals surface area contributed by atoms with Crippen molar-refractivity contribution in [1.29, 1.82) is 0 Å². The van der Waals surface area contributed by atoms with E-state index in [-0.39, 0.29) is 0 Å². The minimum absolute atomic E-state index is 0.338. The van der Waals surface area contributed by atoms with E-state index in [9.17, 15) is 4.79 Å². The summed E-state index contributed by atoms with van der Waals surface area (Å²) in [6.45, 7) is 22.6. The summed E-state index contributed by atoms with van der Waals surface area (Å²) >= 11 is 0. The molecule has 1 saturated carbocycles. The van der Waals surface area contributed by atoms with Gasteiger partial charge in [-0.15, -0.1) is 0 Å². The van der Waals surface area contributed by atoms with Crippen LogP contribution in [0.3, 0.4) is 0 Å². The first-order valence-corrected chi connectivity index (χ1v) is 27.0. The highest BCUT2D eigenvalue weighted by molar-refractivity contribution is 5.75. The van der Waals surface area contributed by atoms with Gasteiger partial charge in [-0.1, -0.05) is 247 Å². The molecule has 0 radical (unpaired) electrons. The van der Waals surface area contributed by atoms with Crippen molar-refractivity contribution in [1.82, 2.24) is 9.80 Å². The van der Waals surface area contributed by atoms with Crippen molar-refractivity contribution in [3.8, 4) is 0 Å². The predicted octanol–water partition coefficient (Wildman–Crippen LogP) is 18.6. The third kappa shape index (κ3) is 47.8. The summed E-state index contributed by atoms with van der Waals surface area (Å²) in [6, 6.07) is 0. The Morgan fingerprint density at radius 2 is 0.741 bits per heavy atom. The molecule has 1 rings (SSSR count). The standard InChI is InChI=1S/C39H78N2O.C8H16.C8H18/c1-6-8-10-12-14-16-24-30-36-41(37-31-25-17-15-13-11-9-7-2)38(3)32-26-20-18-22-28-34-40(5)35-29-23-19-21-27-33-39(4)42;1-2-8-6-4-3-5-7-8;1-3-5-7-8-6-4-2/h3,6-37H2,1-2,4-5H3;8H,2-7H2,1H3;3-8H2,1-2H3. The molecule has 0 spiro atoms. The van der Waals surface area contributed by atoms with Crippen molar-refractivity contribution in [2.75, 3.05) is 33.2 Å². The molecule has 0 heterocycles. The second-order valence-corrected chi connectivity index (χ2v) is 18.9. The van der Waals surface area contributed by atoms with Gasteiger partial charge in [0.1, 0.15) is 5.78 Å². The lowest BCUT2D eigenvalue weighted by atomic mass is 9.88. The molecule has 1 aliphatic carbocycles. The molecule has 0 unspecified atom stereocenters. The summed E-state index contributed by atoms with van der Waals surface area (Å²) in [4.78, 5) is 16.2. The third-order valence-electron chi connectivity index (χ3n) is 12.8. The smallest absolute Gasteiger partial charge is 0.129 e. The lowest BCUT2D eigenvalue weighted by molar-refractivity contribution is -0.117. The van der Waals surface area contributed by atoms with Crippen LogP contribution in [-0.4, -0.2) is 48.8 Å². The fourth-order valence-corrected chi connectivity index (χ4v) is 8.55. The zero-order chi connectivity index (χ0) is 43.0. The van der Waals surface area contributed by atoms with Crippen molar-refractivity contribution < 1.29 is 4.79 Å². The molecule has 0 bridgehead atoms. The minimum atomic E-state index is 0.338. The van der Waals surface area contributed by atoms with E-state index in [0.29, 0.717) is 5.78 Å². The molecule has 1 fully saturated rings. The molecule has 0 aliphatic heterocycles. The summed E-state index contributed by atoms with van der Waals surface area (Å²) in [5.74, 6) is 1.42. The van der Waals surface area contributed by atoms with Crippen molar-refractivity contribution >= 4 is 5.78 Å². The molecule has 0 aromatic heterocycles. The molecule has 0 aromatic carbocycles. The van der Waals surface area contributed by atoms with E-state index in [4.69, 9.17) is 0 Å². The van der Waals surface area contributed by atoms with Crippen LogP contribution in [0.1, 0.15) is 298 Å². The van der Waals surface area contributed by atoms with E-state index in [2.05, 4.69) is 58.0 Å². The van der Waals surface area contributed by atoms with Crippen LogP contribution in [0.25, 0.3) is 0 Å². The van der Waals surface area contributed by atoms with Crippen LogP contribution < -0.4 is 0 Å². The molecular formula is C55H112N2O. The molecule has 58 heavy (non-hydrogen) atoms. The van der Waals surface area contributed by atoms with Crippen LogP contribution in [0.2, 0.25) is 0 Å². The van der Waals surface area contributed by atoms with Gasteiger partial charge in [0.2, 0.25) is 0 Å². The maximum atomic E-state index is 11.0. The molecule has 0 N–H and O–H groups in total. The maximum Gasteiger partial charge on any atom is 0.129 e. The molecule has 1 aliphatic rings. The number of Topliss-reactive ketones (excluding diaryl/α,β-unsaturated/α-hetero) is 1. The van der Waals surface area contributed by atoms with Gasteiger partial charge in [0.15, 0.2) is 0 Å². The Bertz CT molecular complexity index is 763. The molecule has 0 saturated heterocycles. The quantitative estimate of drug-likeness (QED) is 0.0574. The average Bonchev–Trinajstić information content (AvgIpc) is 3.23. The number of carbonyl (C=O) groups excluding carboxylic acids is 1. The first-order chi connectivity index (χ1) is 28.4. The normalized spacial score (nSPS) is 12.9. The Labute approximate surface area is 368 Å². The van der Waals surface area contributed by atoms with Gasteiger partial charge in [-0.25, -0.2) is 0 Å². The van der Waals surface area contributed by atoms with Gasteiger partial charge in [0.05, 0.1) is 0 Å². The van der Waals surface area contributed by atoms with Gasteiger partial charge in [-0.3, -0.25) is 0 Å². The Morgan fingerprint density at radius 1 is 0.431 bits per heavy atom. The second kappa shape index (κ2) is 50.5. The summed E-state index contributed by atoms with van der Waals surface area (Å²) < 4.78 is 0. The molecule has 0 amide bonds. The summed E-state index contributed by atoms with van der Waals surface area (Å²) in [5, 5.41) is 0. The van der Waals surface area contributed by atoms with Crippen LogP contribution in [0.4, 0.5) is 0 Å². The van der Waals surface area contributed by atoms with Crippen LogP contribution in [0, 0.1) is 5.92 Å². The lowest BCUT2D eigenvalue weighted by Gasteiger charge is -2.27. The van der Waals surface area contributed by atoms with Gasteiger partial charge in [0.25, 0.3) is 0 Å². The number of unbranched alkanes of at least 4 members (excludes halogenated alkanes) is 27. The number of hydrogen-bond donors (Lipinski definition) is 0. The van der Waals surface area contributed by atoms with Crippen molar-refractivity contribution in [2.45, 2.75) is 298 Å². The summed E-state index contributed by atoms with van der Waals surface area (Å²) in [7, 11) is 2.28. The largest absolute Gasteiger partial charge is 0.375 e. The fraction of sp³-hybridized carbons (Fsp3) is 0.945. The van der Waals surface area contributed by atoms with E-state index < -0.39 is 0 Å². The fourth-order valence-electron chi connectivity index (χ4n) is 8.55. The second-order valence-electron chi connectivity index (χ2n) is 18.9. The first kappa shape index (κ1) is 59.3. The highest BCUT2D eigenvalue weighted by Gasteiger charge is 2.10. The zero-order valence-electron chi connectivity index (χ0n) is 41.7. The lowest BCUT2D eigenvalue weighted by Crippen LogP contribution is -2.25. The zero-order valence-corrected chi connectivity index (χ0v) is 41.7. The highest BCUT2D eigenvalue weighted by atomic mass is 16.1. The van der Waals surface area contributed by atoms with Crippen molar-refractivity contribution in [2.24, 2.45) is 5.92 Å². The van der Waals surface area contributed by atoms with E-state index in [1.54, 1.807) is 6.92 Å². The van der Waals surface area contributed by atoms with E-state index >= 15 is 0 Å². The Balaban J connectivity index is 0. The number of carbonyl (C=O) groups is 1. The van der Waals surface area contributed by atoms with E-state index in [1.807, 2.05) is 0 Å². The number of rotatable bonds is 41. The number of nitrogens with zero attached hydrogens (tertiary/aromatic N) is 2. The predicted molar refractivity (Wildman–Crippen MR) is 265 cm³/mol. The van der Waals surface area contributed by atoms with Gasteiger partial charge in [-0.2, -0.15) is 0 Å². The number of hydrogen-bond acceptors (Lipinski definition) is 3. The molecule has 348 valence electrons. The van der Waals surface area contributed by atoms with Gasteiger partial charge in [-0.05, 0) is 77.9 Å². The Morgan fingerprint density at radius 3 is 1.07 bits per heavy atom. The summed E-state index contributed by atoms with van der Waals surface area (Å²) in [5.41, 5.74) is 1.42. The average molecular weight is 818 g/mol. The minimum Gasteiger partial charge on any atom is -0.375 e. The molecule has 3 nitrogen and oxygen atoms in total. The van der Waals surface area contributed by atoms with Crippen LogP contribution in [-0.2, 0) is 4.79 Å². The van der Waals surface area contributed by atoms with E-state index in [1.165, 1.54) is 276 Å². The molecule has 0 atom stereocenters. The van der Waals surface area contributed by atoms with Crippen LogP contribution in [0.15, 0.2) is 12.3 Å². The molecule has 3 heteroatoms. The molecular weight excluding hydrogens is 705 g/mol.